The molecule has 0 saturated heterocycles. The van der Waals surface area contributed by atoms with Crippen molar-refractivity contribution in [3.63, 3.8) is 0 Å². The monoisotopic (exact) mass is 364 g/mol. The van der Waals surface area contributed by atoms with Gasteiger partial charge in [-0.3, -0.25) is 4.79 Å². The molecule has 1 fully saturated rings. The van der Waals surface area contributed by atoms with E-state index in [1.54, 1.807) is 18.3 Å². The van der Waals surface area contributed by atoms with E-state index in [1.807, 2.05) is 6.92 Å². The van der Waals surface area contributed by atoms with Crippen molar-refractivity contribution in [2.45, 2.75) is 58.5 Å². The van der Waals surface area contributed by atoms with Crippen LogP contribution in [0.2, 0.25) is 0 Å². The lowest BCUT2D eigenvalue weighted by Gasteiger charge is -2.38. The summed E-state index contributed by atoms with van der Waals surface area (Å²) in [6, 6.07) is 3.56. The second-order valence-corrected chi connectivity index (χ2v) is 6.93. The third kappa shape index (κ3) is 5.95. The van der Waals surface area contributed by atoms with Crippen molar-refractivity contribution in [2.75, 3.05) is 31.7 Å². The number of anilines is 1. The van der Waals surface area contributed by atoms with Crippen LogP contribution in [-0.4, -0.2) is 42.9 Å². The Morgan fingerprint density at radius 3 is 2.81 bits per heavy atom. The third-order valence-electron chi connectivity index (χ3n) is 4.63. The molecule has 1 heterocycles. The Morgan fingerprint density at radius 1 is 1.31 bits per heavy atom. The number of carbonyl (C=O) groups excluding carboxylic acids is 1. The van der Waals surface area contributed by atoms with Gasteiger partial charge in [-0.1, -0.05) is 20.3 Å². The normalized spacial score (nSPS) is 22.8. The van der Waals surface area contributed by atoms with Gasteiger partial charge in [-0.25, -0.2) is 4.98 Å². The molecule has 1 aliphatic carbocycles. The van der Waals surface area contributed by atoms with E-state index in [-0.39, 0.29) is 5.91 Å². The Morgan fingerprint density at radius 2 is 2.15 bits per heavy atom. The molecule has 1 amide bonds. The molecular weight excluding hydrogens is 332 g/mol. The molecule has 2 rings (SSSR count). The summed E-state index contributed by atoms with van der Waals surface area (Å²) in [5.74, 6) is 0.945. The van der Waals surface area contributed by atoms with Crippen molar-refractivity contribution >= 4 is 11.6 Å². The molecule has 0 spiro atoms. The Hall–Kier alpha value is -1.66. The summed E-state index contributed by atoms with van der Waals surface area (Å²) in [7, 11) is 0. The summed E-state index contributed by atoms with van der Waals surface area (Å²) in [5, 5.41) is 2.98. The number of hydrogen-bond donors (Lipinski definition) is 1. The van der Waals surface area contributed by atoms with Crippen LogP contribution in [0, 0.1) is 5.92 Å². The lowest BCUT2D eigenvalue weighted by Crippen LogP contribution is -2.48. The maximum atomic E-state index is 13.0. The van der Waals surface area contributed by atoms with Gasteiger partial charge in [-0.15, -0.1) is 0 Å². The average Bonchev–Trinajstić information content (AvgIpc) is 2.65. The highest BCUT2D eigenvalue weighted by Crippen LogP contribution is 2.36. The zero-order valence-corrected chi connectivity index (χ0v) is 16.3. The minimum atomic E-state index is -0.722. The van der Waals surface area contributed by atoms with E-state index < -0.39 is 5.60 Å². The second kappa shape index (κ2) is 10.5. The van der Waals surface area contributed by atoms with Crippen LogP contribution >= 0.6 is 0 Å². The fourth-order valence-electron chi connectivity index (χ4n) is 3.34. The van der Waals surface area contributed by atoms with Gasteiger partial charge in [0.1, 0.15) is 12.2 Å². The molecule has 1 aliphatic rings. The molecule has 6 heteroatoms. The minimum absolute atomic E-state index is 0.0654. The van der Waals surface area contributed by atoms with E-state index in [0.717, 1.165) is 32.1 Å². The van der Waals surface area contributed by atoms with E-state index in [2.05, 4.69) is 24.1 Å². The number of ether oxygens (including phenoxy) is 3. The lowest BCUT2D eigenvalue weighted by molar-refractivity contribution is -0.148. The van der Waals surface area contributed by atoms with Crippen LogP contribution in [0.5, 0.6) is 5.88 Å². The van der Waals surface area contributed by atoms with Crippen LogP contribution in [0.25, 0.3) is 0 Å². The van der Waals surface area contributed by atoms with Crippen LogP contribution in [0.1, 0.15) is 52.9 Å². The van der Waals surface area contributed by atoms with E-state index in [9.17, 15) is 4.79 Å². The molecule has 6 nitrogen and oxygen atoms in total. The van der Waals surface area contributed by atoms with Gasteiger partial charge in [0.05, 0.1) is 18.5 Å². The predicted molar refractivity (Wildman–Crippen MR) is 101 cm³/mol. The van der Waals surface area contributed by atoms with Crippen LogP contribution in [0.15, 0.2) is 18.3 Å². The van der Waals surface area contributed by atoms with Gasteiger partial charge >= 0.3 is 0 Å². The number of pyridine rings is 1. The molecule has 0 radical (unpaired) electrons. The van der Waals surface area contributed by atoms with Crippen molar-refractivity contribution in [3.05, 3.63) is 18.3 Å². The van der Waals surface area contributed by atoms with Gasteiger partial charge in [0, 0.05) is 19.3 Å². The summed E-state index contributed by atoms with van der Waals surface area (Å²) in [4.78, 5) is 17.2. The molecule has 146 valence electrons. The highest BCUT2D eigenvalue weighted by Gasteiger charge is 2.42. The Kier molecular flexibility index (Phi) is 8.32. The molecule has 26 heavy (non-hydrogen) atoms. The molecule has 0 aliphatic heterocycles. The standard InChI is InChI=1S/C20H32N2O4/c1-4-11-26-20(10-6-7-16(3)14-20)19(23)22-17-8-9-18(21-15-17)25-13-12-24-5-2/h8-9,15-16H,4-7,10-14H2,1-3H3,(H,22,23)/t16-,20-/m0/s1. The molecule has 1 saturated carbocycles. The Bertz CT molecular complexity index is 549. The van der Waals surface area contributed by atoms with E-state index >= 15 is 0 Å². The van der Waals surface area contributed by atoms with Gasteiger partial charge in [0.2, 0.25) is 5.88 Å². The van der Waals surface area contributed by atoms with Crippen molar-refractivity contribution in [1.82, 2.24) is 4.98 Å². The lowest BCUT2D eigenvalue weighted by atomic mass is 9.78. The number of nitrogens with one attached hydrogen (secondary N) is 1. The highest BCUT2D eigenvalue weighted by atomic mass is 16.5. The topological polar surface area (TPSA) is 69.7 Å². The molecule has 2 atom stereocenters. The molecule has 0 aromatic carbocycles. The van der Waals surface area contributed by atoms with Crippen molar-refractivity contribution in [2.24, 2.45) is 5.92 Å². The fourth-order valence-corrected chi connectivity index (χ4v) is 3.34. The minimum Gasteiger partial charge on any atom is -0.475 e. The van der Waals surface area contributed by atoms with Crippen LogP contribution < -0.4 is 10.1 Å². The number of carbonyl (C=O) groups is 1. The summed E-state index contributed by atoms with van der Waals surface area (Å²) in [5.41, 5.74) is -0.0646. The first-order chi connectivity index (χ1) is 12.6. The number of amides is 1. The van der Waals surface area contributed by atoms with Crippen LogP contribution in [0.4, 0.5) is 5.69 Å². The summed E-state index contributed by atoms with van der Waals surface area (Å²) < 4.78 is 16.8. The van der Waals surface area contributed by atoms with Crippen molar-refractivity contribution in [1.29, 1.82) is 0 Å². The van der Waals surface area contributed by atoms with Crippen LogP contribution in [-0.2, 0) is 14.3 Å². The molecule has 1 aromatic heterocycles. The van der Waals surface area contributed by atoms with E-state index in [0.29, 0.717) is 43.9 Å². The van der Waals surface area contributed by atoms with Gasteiger partial charge in [0.25, 0.3) is 5.91 Å². The maximum Gasteiger partial charge on any atom is 0.256 e. The largest absolute Gasteiger partial charge is 0.475 e. The first kappa shape index (κ1) is 20.6. The first-order valence-corrected chi connectivity index (χ1v) is 9.71. The summed E-state index contributed by atoms with van der Waals surface area (Å²) >= 11 is 0. The van der Waals surface area contributed by atoms with Crippen molar-refractivity contribution < 1.29 is 19.0 Å². The summed E-state index contributed by atoms with van der Waals surface area (Å²) in [6.07, 6.45) is 6.23. The molecule has 0 unspecified atom stereocenters. The zero-order chi connectivity index (χ0) is 18.8. The first-order valence-electron chi connectivity index (χ1n) is 9.71. The van der Waals surface area contributed by atoms with E-state index in [1.165, 1.54) is 0 Å². The predicted octanol–water partition coefficient (Wildman–Crippen LogP) is 3.81. The molecule has 1 N–H and O–H groups in total. The fraction of sp³-hybridized carbons (Fsp3) is 0.700. The van der Waals surface area contributed by atoms with Gasteiger partial charge in [0.15, 0.2) is 0 Å². The molecule has 1 aromatic rings. The number of hydrogen-bond acceptors (Lipinski definition) is 5. The Labute approximate surface area is 156 Å². The zero-order valence-electron chi connectivity index (χ0n) is 16.3. The molecular formula is C20H32N2O4. The highest BCUT2D eigenvalue weighted by molar-refractivity contribution is 5.97. The summed E-state index contributed by atoms with van der Waals surface area (Å²) in [6.45, 7) is 8.45. The maximum absolute atomic E-state index is 13.0. The SMILES string of the molecule is CCCO[C@@]1(C(=O)Nc2ccc(OCCOCC)nc2)CCC[C@H](C)C1. The van der Waals surface area contributed by atoms with Gasteiger partial charge in [-0.05, 0) is 44.6 Å². The quantitative estimate of drug-likeness (QED) is 0.639. The number of aromatic nitrogens is 1. The van der Waals surface area contributed by atoms with E-state index in [4.69, 9.17) is 14.2 Å². The Balaban J connectivity index is 1.95. The third-order valence-corrected chi connectivity index (χ3v) is 4.63. The number of rotatable bonds is 10. The van der Waals surface area contributed by atoms with Crippen LogP contribution in [0.3, 0.4) is 0 Å². The smallest absolute Gasteiger partial charge is 0.256 e. The van der Waals surface area contributed by atoms with Gasteiger partial charge in [-0.2, -0.15) is 0 Å². The number of nitrogens with zero attached hydrogens (tertiary/aromatic N) is 1. The molecule has 0 bridgehead atoms. The van der Waals surface area contributed by atoms with Crippen molar-refractivity contribution in [3.8, 4) is 5.88 Å². The van der Waals surface area contributed by atoms with Gasteiger partial charge < -0.3 is 19.5 Å². The second-order valence-electron chi connectivity index (χ2n) is 6.93. The average molecular weight is 364 g/mol.